The lowest BCUT2D eigenvalue weighted by atomic mass is 10.2. The van der Waals surface area contributed by atoms with Gasteiger partial charge in [0.1, 0.15) is 4.90 Å². The van der Waals surface area contributed by atoms with Gasteiger partial charge in [0.05, 0.1) is 12.2 Å². The number of halogens is 2. The fourth-order valence-electron chi connectivity index (χ4n) is 1.27. The number of hydrogen-bond acceptors (Lipinski definition) is 4. The number of nitrogens with one attached hydrogen (secondary N) is 1. The maximum atomic E-state index is 13.9. The highest BCUT2D eigenvalue weighted by Gasteiger charge is 2.24. The molecule has 0 saturated carbocycles. The molecule has 0 atom stereocenters. The van der Waals surface area contributed by atoms with Crippen molar-refractivity contribution in [3.8, 4) is 0 Å². The molecule has 0 fully saturated rings. The maximum Gasteiger partial charge on any atom is 0.338 e. The van der Waals surface area contributed by atoms with E-state index in [9.17, 15) is 17.6 Å². The minimum atomic E-state index is -4.14. The van der Waals surface area contributed by atoms with Crippen molar-refractivity contribution in [1.82, 2.24) is 4.72 Å². The molecule has 19 heavy (non-hydrogen) atoms. The first kappa shape index (κ1) is 16.0. The quantitative estimate of drug-likeness (QED) is 0.748. The Morgan fingerprint density at radius 3 is 2.68 bits per heavy atom. The van der Waals surface area contributed by atoms with Crippen LogP contribution < -0.4 is 4.72 Å². The van der Waals surface area contributed by atoms with Gasteiger partial charge in [0.15, 0.2) is 5.82 Å². The van der Waals surface area contributed by atoms with E-state index in [2.05, 4.69) is 25.4 Å². The van der Waals surface area contributed by atoms with Gasteiger partial charge in [-0.15, -0.1) is 0 Å². The molecule has 1 aromatic rings. The first-order valence-electron chi connectivity index (χ1n) is 5.00. The van der Waals surface area contributed by atoms with Gasteiger partial charge in [0.25, 0.3) is 0 Å². The molecule has 1 rings (SSSR count). The number of methoxy groups -OCH3 is 1. The Morgan fingerprint density at radius 1 is 1.53 bits per heavy atom. The smallest absolute Gasteiger partial charge is 0.338 e. The van der Waals surface area contributed by atoms with Crippen molar-refractivity contribution < 1.29 is 27.4 Å². The molecule has 0 aromatic heterocycles. The van der Waals surface area contributed by atoms with E-state index in [1.807, 2.05) is 0 Å². The molecule has 2 N–H and O–H groups in total. The van der Waals surface area contributed by atoms with Crippen LogP contribution in [0.5, 0.6) is 0 Å². The summed E-state index contributed by atoms with van der Waals surface area (Å²) in [6, 6.07) is 1.99. The van der Waals surface area contributed by atoms with E-state index in [4.69, 9.17) is 5.11 Å². The van der Waals surface area contributed by atoms with Crippen LogP contribution in [0.25, 0.3) is 0 Å². The summed E-state index contributed by atoms with van der Waals surface area (Å²) in [4.78, 5) is 10.1. The Balaban J connectivity index is 3.23. The van der Waals surface area contributed by atoms with Gasteiger partial charge in [-0.1, -0.05) is 15.9 Å². The molecule has 1 aromatic carbocycles. The van der Waals surface area contributed by atoms with Crippen LogP contribution in [0.15, 0.2) is 21.5 Å². The molecule has 0 aliphatic carbocycles. The molecular formula is C10H11BrFNO5S. The SMILES string of the molecule is COCCNS(=O)(=O)c1cc(Br)cc(C(=O)O)c1F. The fourth-order valence-corrected chi connectivity index (χ4v) is 3.02. The lowest BCUT2D eigenvalue weighted by Gasteiger charge is -2.09. The second-order valence-corrected chi connectivity index (χ2v) is 6.11. The van der Waals surface area contributed by atoms with Crippen molar-refractivity contribution in [2.24, 2.45) is 0 Å². The van der Waals surface area contributed by atoms with Crippen molar-refractivity contribution in [2.75, 3.05) is 20.3 Å². The number of carboxylic acids is 1. The van der Waals surface area contributed by atoms with E-state index in [0.717, 1.165) is 12.1 Å². The summed E-state index contributed by atoms with van der Waals surface area (Å²) < 4.78 is 44.4. The fraction of sp³-hybridized carbons (Fsp3) is 0.300. The van der Waals surface area contributed by atoms with Gasteiger partial charge in [-0.05, 0) is 12.1 Å². The van der Waals surface area contributed by atoms with Crippen molar-refractivity contribution in [3.63, 3.8) is 0 Å². The highest BCUT2D eigenvalue weighted by atomic mass is 79.9. The first-order chi connectivity index (χ1) is 8.79. The minimum absolute atomic E-state index is 0.0484. The molecule has 0 aliphatic heterocycles. The van der Waals surface area contributed by atoms with Crippen LogP contribution in [-0.2, 0) is 14.8 Å². The third-order valence-corrected chi connectivity index (χ3v) is 4.04. The Morgan fingerprint density at radius 2 is 2.16 bits per heavy atom. The lowest BCUT2D eigenvalue weighted by molar-refractivity contribution is 0.0691. The topological polar surface area (TPSA) is 92.7 Å². The number of carboxylic acid groups (broad SMARTS) is 1. The van der Waals surface area contributed by atoms with Crippen LogP contribution >= 0.6 is 15.9 Å². The van der Waals surface area contributed by atoms with Crippen molar-refractivity contribution in [2.45, 2.75) is 4.90 Å². The van der Waals surface area contributed by atoms with Gasteiger partial charge < -0.3 is 9.84 Å². The number of rotatable bonds is 6. The van der Waals surface area contributed by atoms with E-state index in [-0.39, 0.29) is 17.6 Å². The molecule has 0 bridgehead atoms. The Bertz CT molecular complexity index is 590. The molecule has 0 saturated heterocycles. The summed E-state index contributed by atoms with van der Waals surface area (Å²) in [6.45, 7) is 0.0633. The molecule has 0 radical (unpaired) electrons. The van der Waals surface area contributed by atoms with E-state index in [1.54, 1.807) is 0 Å². The van der Waals surface area contributed by atoms with Gasteiger partial charge in [-0.3, -0.25) is 0 Å². The number of sulfonamides is 1. The largest absolute Gasteiger partial charge is 0.478 e. The molecular weight excluding hydrogens is 345 g/mol. The van der Waals surface area contributed by atoms with E-state index in [1.165, 1.54) is 7.11 Å². The van der Waals surface area contributed by atoms with Crippen LogP contribution in [0, 0.1) is 5.82 Å². The van der Waals surface area contributed by atoms with Gasteiger partial charge in [0.2, 0.25) is 10.0 Å². The summed E-state index contributed by atoms with van der Waals surface area (Å²) in [5.74, 6) is -2.85. The van der Waals surface area contributed by atoms with Gasteiger partial charge in [0, 0.05) is 18.1 Å². The molecule has 6 nitrogen and oxygen atoms in total. The third kappa shape index (κ3) is 3.96. The number of benzene rings is 1. The second kappa shape index (κ2) is 6.42. The third-order valence-electron chi connectivity index (χ3n) is 2.12. The van der Waals surface area contributed by atoms with Gasteiger partial charge >= 0.3 is 5.97 Å². The average Bonchev–Trinajstić information content (AvgIpc) is 2.31. The minimum Gasteiger partial charge on any atom is -0.478 e. The highest BCUT2D eigenvalue weighted by Crippen LogP contribution is 2.24. The summed E-state index contributed by atoms with van der Waals surface area (Å²) in [5, 5.41) is 8.80. The molecule has 0 heterocycles. The predicted octanol–water partition coefficient (Wildman–Crippen LogP) is 1.21. The lowest BCUT2D eigenvalue weighted by Crippen LogP contribution is -2.28. The summed E-state index contributed by atoms with van der Waals surface area (Å²) >= 11 is 2.94. The molecule has 0 amide bonds. The zero-order valence-corrected chi connectivity index (χ0v) is 12.2. The molecule has 0 unspecified atom stereocenters. The normalized spacial score (nSPS) is 11.5. The van der Waals surface area contributed by atoms with Crippen LogP contribution in [0.4, 0.5) is 4.39 Å². The van der Waals surface area contributed by atoms with Gasteiger partial charge in [-0.2, -0.15) is 0 Å². The van der Waals surface area contributed by atoms with Crippen molar-refractivity contribution in [1.29, 1.82) is 0 Å². The molecule has 0 spiro atoms. The Hall–Kier alpha value is -1.03. The highest BCUT2D eigenvalue weighted by molar-refractivity contribution is 9.10. The number of ether oxygens (including phenoxy) is 1. The monoisotopic (exact) mass is 355 g/mol. The Labute approximate surface area is 117 Å². The van der Waals surface area contributed by atoms with Crippen LogP contribution in [-0.4, -0.2) is 39.8 Å². The first-order valence-corrected chi connectivity index (χ1v) is 7.28. The van der Waals surface area contributed by atoms with E-state index >= 15 is 0 Å². The van der Waals surface area contributed by atoms with Crippen molar-refractivity contribution >= 4 is 31.9 Å². The zero-order chi connectivity index (χ0) is 14.6. The number of carbonyl (C=O) groups is 1. The van der Waals surface area contributed by atoms with Crippen LogP contribution in [0.3, 0.4) is 0 Å². The average molecular weight is 356 g/mol. The van der Waals surface area contributed by atoms with Crippen LogP contribution in [0.2, 0.25) is 0 Å². The van der Waals surface area contributed by atoms with Crippen LogP contribution in [0.1, 0.15) is 10.4 Å². The van der Waals surface area contributed by atoms with Gasteiger partial charge in [-0.25, -0.2) is 22.3 Å². The molecule has 0 aliphatic rings. The van der Waals surface area contributed by atoms with E-state index < -0.39 is 32.3 Å². The zero-order valence-electron chi connectivity index (χ0n) is 9.81. The standard InChI is InChI=1S/C10H11BrFNO5S/c1-18-3-2-13-19(16,17)8-5-6(11)4-7(9(8)12)10(14)15/h4-5,13H,2-3H2,1H3,(H,14,15). The molecule has 106 valence electrons. The van der Waals surface area contributed by atoms with Crippen molar-refractivity contribution in [3.05, 3.63) is 28.0 Å². The predicted molar refractivity (Wildman–Crippen MR) is 68.1 cm³/mol. The second-order valence-electron chi connectivity index (χ2n) is 3.46. The number of hydrogen-bond donors (Lipinski definition) is 2. The Kier molecular flexibility index (Phi) is 5.41. The summed E-state index contributed by atoms with van der Waals surface area (Å²) in [7, 11) is -2.75. The van der Waals surface area contributed by atoms with E-state index in [0.29, 0.717) is 0 Å². The number of aromatic carboxylic acids is 1. The summed E-state index contributed by atoms with van der Waals surface area (Å²) in [6.07, 6.45) is 0. The maximum absolute atomic E-state index is 13.9. The summed E-state index contributed by atoms with van der Waals surface area (Å²) in [5.41, 5.74) is -0.721. The molecule has 9 heteroatoms.